The van der Waals surface area contributed by atoms with E-state index < -0.39 is 6.36 Å². The number of alkyl halides is 3. The van der Waals surface area contributed by atoms with Gasteiger partial charge >= 0.3 is 6.36 Å². The highest BCUT2D eigenvalue weighted by molar-refractivity contribution is 5.93. The standard InChI is InChI=1S/C20H26F3N5O2/c1-13-14(2)29-18(26-13)12-28-9-7-15(8-10-28)11-25-19(24)27-16-5-3-4-6-17(16)30-20(21,22)23/h3-6,15H,7-12H2,1-2H3,(H3,24,25,27). The number of nitrogens with one attached hydrogen (secondary N) is 1. The minimum absolute atomic E-state index is 0.0568. The fourth-order valence-electron chi connectivity index (χ4n) is 3.31. The number of guanidine groups is 1. The van der Waals surface area contributed by atoms with Gasteiger partial charge in [-0.3, -0.25) is 9.89 Å². The molecule has 0 unspecified atom stereocenters. The molecular weight excluding hydrogens is 399 g/mol. The number of aryl methyl sites for hydroxylation is 2. The molecule has 0 radical (unpaired) electrons. The number of hydrogen-bond acceptors (Lipinski definition) is 5. The predicted molar refractivity (Wildman–Crippen MR) is 107 cm³/mol. The molecular formula is C20H26F3N5O2. The number of anilines is 1. The van der Waals surface area contributed by atoms with Crippen molar-refractivity contribution in [3.8, 4) is 5.75 Å². The summed E-state index contributed by atoms with van der Waals surface area (Å²) < 4.78 is 47.2. The van der Waals surface area contributed by atoms with E-state index in [1.807, 2.05) is 13.8 Å². The molecule has 1 aromatic carbocycles. The van der Waals surface area contributed by atoms with Crippen LogP contribution in [-0.2, 0) is 6.54 Å². The number of ether oxygens (including phenoxy) is 1. The van der Waals surface area contributed by atoms with Gasteiger partial charge in [-0.05, 0) is 57.8 Å². The number of aromatic nitrogens is 1. The molecule has 1 fully saturated rings. The Labute approximate surface area is 173 Å². The summed E-state index contributed by atoms with van der Waals surface area (Å²) in [5.41, 5.74) is 6.90. The van der Waals surface area contributed by atoms with Crippen LogP contribution in [-0.4, -0.2) is 41.8 Å². The van der Waals surface area contributed by atoms with Crippen molar-refractivity contribution in [1.29, 1.82) is 0 Å². The quantitative estimate of drug-likeness (QED) is 0.540. The minimum Gasteiger partial charge on any atom is -0.444 e. The maximum atomic E-state index is 12.5. The van der Waals surface area contributed by atoms with Crippen LogP contribution >= 0.6 is 0 Å². The molecule has 0 spiro atoms. The lowest BCUT2D eigenvalue weighted by atomic mass is 9.97. The number of benzene rings is 1. The topological polar surface area (TPSA) is 88.9 Å². The Balaban J connectivity index is 1.48. The monoisotopic (exact) mass is 425 g/mol. The molecule has 0 saturated carbocycles. The summed E-state index contributed by atoms with van der Waals surface area (Å²) in [4.78, 5) is 11.0. The zero-order valence-electron chi connectivity index (χ0n) is 17.0. The van der Waals surface area contributed by atoms with Gasteiger partial charge in [-0.15, -0.1) is 13.2 Å². The lowest BCUT2D eigenvalue weighted by Gasteiger charge is -2.30. The second kappa shape index (κ2) is 9.38. The van der Waals surface area contributed by atoms with Gasteiger partial charge in [0.15, 0.2) is 11.7 Å². The molecule has 0 bridgehead atoms. The number of para-hydroxylation sites is 2. The van der Waals surface area contributed by atoms with Crippen molar-refractivity contribution in [2.45, 2.75) is 39.6 Å². The molecule has 2 aromatic rings. The molecule has 1 aliphatic heterocycles. The number of halogens is 3. The second-order valence-electron chi connectivity index (χ2n) is 7.36. The van der Waals surface area contributed by atoms with Crippen LogP contribution in [0, 0.1) is 19.8 Å². The number of oxazole rings is 1. The van der Waals surface area contributed by atoms with E-state index in [2.05, 4.69) is 24.9 Å². The minimum atomic E-state index is -4.78. The van der Waals surface area contributed by atoms with E-state index in [-0.39, 0.29) is 17.4 Å². The number of likely N-dealkylation sites (tertiary alicyclic amines) is 1. The lowest BCUT2D eigenvalue weighted by molar-refractivity contribution is -0.274. The SMILES string of the molecule is Cc1nc(CN2CCC(CN=C(N)Nc3ccccc3OC(F)(F)F)CC2)oc1C. The van der Waals surface area contributed by atoms with Crippen molar-refractivity contribution < 1.29 is 22.3 Å². The molecule has 0 atom stereocenters. The van der Waals surface area contributed by atoms with Crippen LogP contribution in [0.5, 0.6) is 5.75 Å². The third-order valence-corrected chi connectivity index (χ3v) is 5.03. The van der Waals surface area contributed by atoms with Gasteiger partial charge in [-0.1, -0.05) is 12.1 Å². The molecule has 3 N–H and O–H groups in total. The van der Waals surface area contributed by atoms with Gasteiger partial charge in [-0.25, -0.2) is 4.98 Å². The normalized spacial score (nSPS) is 16.6. The number of aliphatic imine (C=N–C) groups is 1. The third kappa shape index (κ3) is 6.38. The Morgan fingerprint density at radius 2 is 2.00 bits per heavy atom. The maximum Gasteiger partial charge on any atom is 0.573 e. The van der Waals surface area contributed by atoms with Crippen molar-refractivity contribution in [1.82, 2.24) is 9.88 Å². The van der Waals surface area contributed by atoms with Crippen LogP contribution in [0.15, 0.2) is 33.7 Å². The number of nitrogens with two attached hydrogens (primary N) is 1. The third-order valence-electron chi connectivity index (χ3n) is 5.03. The highest BCUT2D eigenvalue weighted by Gasteiger charge is 2.32. The summed E-state index contributed by atoms with van der Waals surface area (Å²) in [6.45, 7) is 6.82. The van der Waals surface area contributed by atoms with E-state index in [0.717, 1.165) is 43.3 Å². The zero-order chi connectivity index (χ0) is 21.7. The Morgan fingerprint density at radius 1 is 1.30 bits per heavy atom. The molecule has 1 saturated heterocycles. The van der Waals surface area contributed by atoms with Crippen molar-refractivity contribution in [2.75, 3.05) is 25.0 Å². The van der Waals surface area contributed by atoms with Crippen LogP contribution in [0.2, 0.25) is 0 Å². The van der Waals surface area contributed by atoms with Gasteiger partial charge in [0.05, 0.1) is 17.9 Å². The number of hydrogen-bond donors (Lipinski definition) is 2. The summed E-state index contributed by atoms with van der Waals surface area (Å²) in [5, 5.41) is 2.69. The van der Waals surface area contributed by atoms with Crippen molar-refractivity contribution in [3.63, 3.8) is 0 Å². The van der Waals surface area contributed by atoms with Gasteiger partial charge < -0.3 is 20.2 Å². The smallest absolute Gasteiger partial charge is 0.444 e. The van der Waals surface area contributed by atoms with Crippen molar-refractivity contribution in [2.24, 2.45) is 16.6 Å². The Morgan fingerprint density at radius 3 is 2.63 bits per heavy atom. The van der Waals surface area contributed by atoms with E-state index in [1.54, 1.807) is 6.07 Å². The molecule has 0 amide bonds. The molecule has 0 aliphatic carbocycles. The van der Waals surface area contributed by atoms with Crippen molar-refractivity contribution >= 4 is 11.6 Å². The molecule has 1 aromatic heterocycles. The average Bonchev–Trinajstić information content (AvgIpc) is 2.99. The predicted octanol–water partition coefficient (Wildman–Crippen LogP) is 3.83. The first-order chi connectivity index (χ1) is 14.2. The first kappa shape index (κ1) is 21.9. The van der Waals surface area contributed by atoms with Gasteiger partial charge in [0.2, 0.25) is 5.89 Å². The summed E-state index contributed by atoms with van der Waals surface area (Å²) in [7, 11) is 0. The summed E-state index contributed by atoms with van der Waals surface area (Å²) in [6, 6.07) is 5.71. The highest BCUT2D eigenvalue weighted by Crippen LogP contribution is 2.29. The number of nitrogens with zero attached hydrogens (tertiary/aromatic N) is 3. The summed E-state index contributed by atoms with van der Waals surface area (Å²) >= 11 is 0. The van der Waals surface area contributed by atoms with E-state index >= 15 is 0 Å². The Kier molecular flexibility index (Phi) is 6.86. The molecule has 30 heavy (non-hydrogen) atoms. The van der Waals surface area contributed by atoms with Crippen LogP contribution in [0.1, 0.15) is 30.2 Å². The number of piperidine rings is 1. The van der Waals surface area contributed by atoms with E-state index in [0.29, 0.717) is 19.0 Å². The molecule has 10 heteroatoms. The first-order valence-corrected chi connectivity index (χ1v) is 9.76. The van der Waals surface area contributed by atoms with Crippen LogP contribution < -0.4 is 15.8 Å². The molecule has 7 nitrogen and oxygen atoms in total. The molecule has 164 valence electrons. The first-order valence-electron chi connectivity index (χ1n) is 9.76. The maximum absolute atomic E-state index is 12.5. The van der Waals surface area contributed by atoms with Gasteiger partial charge in [0.1, 0.15) is 5.76 Å². The average molecular weight is 425 g/mol. The van der Waals surface area contributed by atoms with Crippen LogP contribution in [0.4, 0.5) is 18.9 Å². The highest BCUT2D eigenvalue weighted by atomic mass is 19.4. The molecule has 3 rings (SSSR count). The fourth-order valence-corrected chi connectivity index (χ4v) is 3.31. The fraction of sp³-hybridized carbons (Fsp3) is 0.500. The van der Waals surface area contributed by atoms with Gasteiger partial charge in [0, 0.05) is 6.54 Å². The van der Waals surface area contributed by atoms with Gasteiger partial charge in [-0.2, -0.15) is 0 Å². The second-order valence-corrected chi connectivity index (χ2v) is 7.36. The summed E-state index contributed by atoms with van der Waals surface area (Å²) in [6.07, 6.45) is -2.88. The van der Waals surface area contributed by atoms with Crippen molar-refractivity contribution in [3.05, 3.63) is 41.6 Å². The van der Waals surface area contributed by atoms with Crippen LogP contribution in [0.25, 0.3) is 0 Å². The largest absolute Gasteiger partial charge is 0.573 e. The summed E-state index contributed by atoms with van der Waals surface area (Å²) in [5.74, 6) is 1.64. The Bertz CT molecular complexity index is 854. The Hall–Kier alpha value is -2.75. The lowest BCUT2D eigenvalue weighted by Crippen LogP contribution is -2.34. The van der Waals surface area contributed by atoms with Crippen LogP contribution in [0.3, 0.4) is 0 Å². The van der Waals surface area contributed by atoms with E-state index in [4.69, 9.17) is 10.2 Å². The zero-order valence-corrected chi connectivity index (χ0v) is 17.0. The van der Waals surface area contributed by atoms with E-state index in [1.165, 1.54) is 18.2 Å². The van der Waals surface area contributed by atoms with E-state index in [9.17, 15) is 13.2 Å². The molecule has 1 aliphatic rings. The molecule has 2 heterocycles. The van der Waals surface area contributed by atoms with Gasteiger partial charge in [0.25, 0.3) is 0 Å². The number of rotatable bonds is 6.